The fourth-order valence-electron chi connectivity index (χ4n) is 1.75. The lowest BCUT2D eigenvalue weighted by Gasteiger charge is -2.14. The van der Waals surface area contributed by atoms with Gasteiger partial charge in [0.15, 0.2) is 0 Å². The van der Waals surface area contributed by atoms with Crippen LogP contribution in [0.15, 0.2) is 28.7 Å². The highest BCUT2D eigenvalue weighted by atomic mass is 79.9. The summed E-state index contributed by atoms with van der Waals surface area (Å²) in [5.74, 6) is 7.20. The maximum Gasteiger partial charge on any atom is 0.226 e. The molecule has 7 heteroatoms. The summed E-state index contributed by atoms with van der Waals surface area (Å²) >= 11 is 3.46. The summed E-state index contributed by atoms with van der Waals surface area (Å²) in [6, 6.07) is 7.40. The van der Waals surface area contributed by atoms with Crippen molar-refractivity contribution in [3.8, 4) is 11.6 Å². The minimum absolute atomic E-state index is 0.0960. The van der Waals surface area contributed by atoms with Gasteiger partial charge in [-0.05, 0) is 29.7 Å². The zero-order valence-corrected chi connectivity index (χ0v) is 12.8. The van der Waals surface area contributed by atoms with Crippen LogP contribution >= 0.6 is 15.9 Å². The maximum absolute atomic E-state index is 5.80. The van der Waals surface area contributed by atoms with E-state index in [0.717, 1.165) is 15.8 Å². The van der Waals surface area contributed by atoms with E-state index in [1.165, 1.54) is 0 Å². The molecule has 106 valence electrons. The zero-order valence-electron chi connectivity index (χ0n) is 11.2. The molecule has 0 radical (unpaired) electrons. The fraction of sp³-hybridized carbons (Fsp3) is 0.231. The highest BCUT2D eigenvalue weighted by Crippen LogP contribution is 2.32. The van der Waals surface area contributed by atoms with Gasteiger partial charge in [-0.2, -0.15) is 9.97 Å². The third kappa shape index (κ3) is 3.37. The second-order valence-corrected chi connectivity index (χ2v) is 5.45. The van der Waals surface area contributed by atoms with Gasteiger partial charge in [0.25, 0.3) is 0 Å². The molecule has 5 N–H and O–H groups in total. The van der Waals surface area contributed by atoms with E-state index >= 15 is 0 Å². The number of nitrogens with zero attached hydrogens (tertiary/aromatic N) is 2. The van der Waals surface area contributed by atoms with E-state index < -0.39 is 0 Å². The number of ether oxygens (including phenoxy) is 1. The Balaban J connectivity index is 2.37. The number of aromatic nitrogens is 2. The number of rotatable bonds is 4. The van der Waals surface area contributed by atoms with Crippen LogP contribution in [0.3, 0.4) is 0 Å². The third-order valence-corrected chi connectivity index (χ3v) is 3.17. The first-order valence-electron chi connectivity index (χ1n) is 6.08. The predicted molar refractivity (Wildman–Crippen MR) is 82.6 cm³/mol. The number of nitrogen functional groups attached to an aromatic ring is 2. The Kier molecular flexibility index (Phi) is 4.41. The highest BCUT2D eigenvalue weighted by molar-refractivity contribution is 9.10. The van der Waals surface area contributed by atoms with Crippen LogP contribution in [0.1, 0.15) is 25.3 Å². The number of hydrogen-bond acceptors (Lipinski definition) is 6. The molecule has 0 saturated carbocycles. The summed E-state index contributed by atoms with van der Waals surface area (Å²) in [7, 11) is 0. The topological polar surface area (TPSA) is 99.1 Å². The van der Waals surface area contributed by atoms with Gasteiger partial charge in [-0.1, -0.05) is 29.8 Å². The van der Waals surface area contributed by atoms with E-state index in [4.69, 9.17) is 16.3 Å². The molecular weight excluding hydrogens is 322 g/mol. The van der Waals surface area contributed by atoms with Gasteiger partial charge in [0.2, 0.25) is 11.8 Å². The molecule has 0 bridgehead atoms. The van der Waals surface area contributed by atoms with Gasteiger partial charge in [-0.3, -0.25) is 0 Å². The molecule has 0 aliphatic heterocycles. The average molecular weight is 338 g/mol. The molecule has 0 spiro atoms. The lowest BCUT2D eigenvalue weighted by Crippen LogP contribution is -2.10. The van der Waals surface area contributed by atoms with E-state index in [2.05, 4.69) is 45.2 Å². The Morgan fingerprint density at radius 3 is 2.65 bits per heavy atom. The summed E-state index contributed by atoms with van der Waals surface area (Å²) in [4.78, 5) is 7.95. The van der Waals surface area contributed by atoms with Crippen LogP contribution in [0.4, 0.5) is 11.8 Å². The Hall–Kier alpha value is -1.86. The Morgan fingerprint density at radius 2 is 2.00 bits per heavy atom. The van der Waals surface area contributed by atoms with Crippen LogP contribution in [0.5, 0.6) is 11.6 Å². The molecule has 20 heavy (non-hydrogen) atoms. The van der Waals surface area contributed by atoms with Crippen molar-refractivity contribution < 1.29 is 4.74 Å². The van der Waals surface area contributed by atoms with Crippen molar-refractivity contribution in [1.29, 1.82) is 0 Å². The summed E-state index contributed by atoms with van der Waals surface area (Å²) in [6.45, 7) is 4.19. The van der Waals surface area contributed by atoms with Gasteiger partial charge in [0.05, 0.1) is 0 Å². The van der Waals surface area contributed by atoms with Crippen LogP contribution in [-0.2, 0) is 0 Å². The largest absolute Gasteiger partial charge is 0.438 e. The number of benzene rings is 1. The van der Waals surface area contributed by atoms with Crippen molar-refractivity contribution in [3.05, 3.63) is 34.3 Å². The van der Waals surface area contributed by atoms with Crippen LogP contribution in [-0.4, -0.2) is 9.97 Å². The van der Waals surface area contributed by atoms with Gasteiger partial charge in [-0.15, -0.1) is 0 Å². The Morgan fingerprint density at radius 1 is 1.25 bits per heavy atom. The molecule has 1 heterocycles. The molecule has 2 aromatic rings. The molecule has 0 amide bonds. The average Bonchev–Trinajstić information content (AvgIpc) is 2.40. The summed E-state index contributed by atoms with van der Waals surface area (Å²) in [5.41, 5.74) is 9.10. The molecule has 2 rings (SSSR count). The number of hydrazine groups is 1. The van der Waals surface area contributed by atoms with E-state index in [0.29, 0.717) is 17.6 Å². The smallest absolute Gasteiger partial charge is 0.226 e. The summed E-state index contributed by atoms with van der Waals surface area (Å²) in [5, 5.41) is 0. The number of hydrogen-bond donors (Lipinski definition) is 3. The molecule has 1 aromatic carbocycles. The molecule has 6 nitrogen and oxygen atoms in total. The molecule has 1 aromatic heterocycles. The van der Waals surface area contributed by atoms with Crippen LogP contribution in [0.25, 0.3) is 0 Å². The predicted octanol–water partition coefficient (Wildman–Crippen LogP) is 3.02. The number of halogens is 1. The van der Waals surface area contributed by atoms with E-state index in [9.17, 15) is 0 Å². The quantitative estimate of drug-likeness (QED) is 0.585. The number of nitrogens with one attached hydrogen (secondary N) is 1. The molecule has 0 aliphatic rings. The van der Waals surface area contributed by atoms with E-state index in [-0.39, 0.29) is 5.95 Å². The highest BCUT2D eigenvalue weighted by Gasteiger charge is 2.11. The molecule has 0 atom stereocenters. The SMILES string of the molecule is CC(C)c1cc(Br)ccc1Oc1cc(NN)nc(N)n1. The second kappa shape index (κ2) is 6.06. The standard InChI is InChI=1S/C13H16BrN5O/c1-7(2)9-5-8(14)3-4-10(9)20-12-6-11(19-16)17-13(15)18-12/h3-7H,16H2,1-2H3,(H3,15,17,18,19). The summed E-state index contributed by atoms with van der Waals surface area (Å²) < 4.78 is 6.80. The maximum atomic E-state index is 5.80. The monoisotopic (exact) mass is 337 g/mol. The number of nitrogens with two attached hydrogens (primary N) is 2. The first-order chi connectivity index (χ1) is 9.49. The van der Waals surface area contributed by atoms with Gasteiger partial charge in [0, 0.05) is 10.5 Å². The van der Waals surface area contributed by atoms with Gasteiger partial charge in [-0.25, -0.2) is 5.84 Å². The van der Waals surface area contributed by atoms with Crippen LogP contribution in [0.2, 0.25) is 0 Å². The van der Waals surface area contributed by atoms with Crippen molar-refractivity contribution in [3.63, 3.8) is 0 Å². The minimum Gasteiger partial charge on any atom is -0.438 e. The van der Waals surface area contributed by atoms with Crippen molar-refractivity contribution in [1.82, 2.24) is 9.97 Å². The normalized spacial score (nSPS) is 10.7. The van der Waals surface area contributed by atoms with Crippen LogP contribution < -0.4 is 21.7 Å². The first-order valence-corrected chi connectivity index (χ1v) is 6.87. The Labute approximate surface area is 125 Å². The number of anilines is 2. The zero-order chi connectivity index (χ0) is 14.7. The van der Waals surface area contributed by atoms with Crippen molar-refractivity contribution in [2.24, 2.45) is 5.84 Å². The molecular formula is C13H16BrN5O. The fourth-order valence-corrected chi connectivity index (χ4v) is 2.12. The van der Waals surface area contributed by atoms with E-state index in [1.54, 1.807) is 6.07 Å². The third-order valence-electron chi connectivity index (χ3n) is 2.68. The lowest BCUT2D eigenvalue weighted by atomic mass is 10.0. The summed E-state index contributed by atoms with van der Waals surface area (Å²) in [6.07, 6.45) is 0. The molecule has 0 fully saturated rings. The van der Waals surface area contributed by atoms with Crippen molar-refractivity contribution >= 4 is 27.7 Å². The van der Waals surface area contributed by atoms with Gasteiger partial charge >= 0.3 is 0 Å². The molecule has 0 saturated heterocycles. The first kappa shape index (κ1) is 14.5. The molecule has 0 aliphatic carbocycles. The molecule has 0 unspecified atom stereocenters. The lowest BCUT2D eigenvalue weighted by molar-refractivity contribution is 0.454. The van der Waals surface area contributed by atoms with E-state index in [1.807, 2.05) is 18.2 Å². The van der Waals surface area contributed by atoms with Crippen LogP contribution in [0, 0.1) is 0 Å². The second-order valence-electron chi connectivity index (χ2n) is 4.53. The van der Waals surface area contributed by atoms with Gasteiger partial charge in [0.1, 0.15) is 11.6 Å². The van der Waals surface area contributed by atoms with Crippen molar-refractivity contribution in [2.75, 3.05) is 11.2 Å². The van der Waals surface area contributed by atoms with Crippen molar-refractivity contribution in [2.45, 2.75) is 19.8 Å². The Bertz CT molecular complexity index is 618. The minimum atomic E-state index is 0.0960. The van der Waals surface area contributed by atoms with Gasteiger partial charge < -0.3 is 15.9 Å².